The Labute approximate surface area is 278 Å². The molecule has 238 valence electrons. The Bertz CT molecular complexity index is 1840. The molecular weight excluding hydrogens is 642 g/mol. The Morgan fingerprint density at radius 3 is 2.22 bits per heavy atom. The van der Waals surface area contributed by atoms with E-state index in [9.17, 15) is 18.0 Å². The van der Waals surface area contributed by atoms with Crippen LogP contribution in [-0.2, 0) is 29.9 Å². The zero-order valence-corrected chi connectivity index (χ0v) is 27.9. The molecule has 0 spiro atoms. The van der Waals surface area contributed by atoms with Gasteiger partial charge in [0.05, 0.1) is 28.7 Å². The van der Waals surface area contributed by atoms with Crippen LogP contribution in [0.5, 0.6) is 0 Å². The number of amides is 1. The molecule has 2 fully saturated rings. The molecule has 2 unspecified atom stereocenters. The number of ketones is 1. The van der Waals surface area contributed by atoms with Crippen molar-refractivity contribution in [2.45, 2.75) is 27.0 Å². The fourth-order valence-corrected chi connectivity index (χ4v) is 8.04. The van der Waals surface area contributed by atoms with E-state index < -0.39 is 20.8 Å². The quantitative estimate of drug-likeness (QED) is 0.244. The van der Waals surface area contributed by atoms with E-state index in [1.54, 1.807) is 36.4 Å². The minimum absolute atomic E-state index is 0.0429. The van der Waals surface area contributed by atoms with Gasteiger partial charge < -0.3 is 15.0 Å². The number of nitrogens with one attached hydrogen (secondary N) is 1. The summed E-state index contributed by atoms with van der Waals surface area (Å²) >= 11 is 7.54. The second kappa shape index (κ2) is 13.2. The summed E-state index contributed by atoms with van der Waals surface area (Å²) in [6.45, 7) is 2.90. The highest BCUT2D eigenvalue weighted by molar-refractivity contribution is 8.01. The lowest BCUT2D eigenvalue weighted by atomic mass is 9.75. The van der Waals surface area contributed by atoms with Crippen LogP contribution >= 0.6 is 23.4 Å². The number of sulfonamides is 1. The molecule has 1 N–H and O–H groups in total. The molecule has 0 aliphatic carbocycles. The fraction of sp³-hybridized carbons (Fsp3) is 0.257. The van der Waals surface area contributed by atoms with Crippen LogP contribution in [-0.4, -0.2) is 70.1 Å². The number of thioether (sulfide) groups is 1. The number of nitrogens with zero attached hydrogens (tertiary/aromatic N) is 2. The molecule has 2 aliphatic rings. The maximum absolute atomic E-state index is 13.9. The van der Waals surface area contributed by atoms with Gasteiger partial charge in [-0.1, -0.05) is 66.2 Å². The number of Topliss-reactive ketones (excluding diaryl/α,β-unsaturated/α-hetero) is 1. The van der Waals surface area contributed by atoms with E-state index in [-0.39, 0.29) is 23.0 Å². The van der Waals surface area contributed by atoms with Crippen LogP contribution in [0.1, 0.15) is 17.5 Å². The van der Waals surface area contributed by atoms with Crippen molar-refractivity contribution in [3.63, 3.8) is 0 Å². The largest absolute Gasteiger partial charge is 0.378 e. The van der Waals surface area contributed by atoms with E-state index >= 15 is 0 Å². The number of carbonyl (C=O) groups is 2. The van der Waals surface area contributed by atoms with Crippen LogP contribution in [0.2, 0.25) is 5.02 Å². The predicted molar refractivity (Wildman–Crippen MR) is 182 cm³/mol. The molecule has 46 heavy (non-hydrogen) atoms. The van der Waals surface area contributed by atoms with Gasteiger partial charge in [0.25, 0.3) is 0 Å². The molecule has 0 radical (unpaired) electrons. The average Bonchev–Trinajstić information content (AvgIpc) is 3.07. The first-order valence-electron chi connectivity index (χ1n) is 14.9. The second-order valence-electron chi connectivity index (χ2n) is 11.5. The number of piperidine rings is 1. The van der Waals surface area contributed by atoms with E-state index in [1.807, 2.05) is 60.7 Å². The molecule has 6 rings (SSSR count). The summed E-state index contributed by atoms with van der Waals surface area (Å²) in [6, 6.07) is 29.6. The van der Waals surface area contributed by atoms with Crippen molar-refractivity contribution in [1.29, 1.82) is 0 Å². The van der Waals surface area contributed by atoms with Crippen molar-refractivity contribution in [3.05, 3.63) is 113 Å². The van der Waals surface area contributed by atoms with Gasteiger partial charge in [0.2, 0.25) is 15.9 Å². The minimum Gasteiger partial charge on any atom is -0.378 e. The van der Waals surface area contributed by atoms with Gasteiger partial charge in [-0.05, 0) is 64.7 Å². The van der Waals surface area contributed by atoms with E-state index in [4.69, 9.17) is 16.3 Å². The average molecular weight is 676 g/mol. The third-order valence-corrected chi connectivity index (χ3v) is 12.0. The van der Waals surface area contributed by atoms with Crippen LogP contribution in [0.4, 0.5) is 5.69 Å². The maximum atomic E-state index is 13.9. The highest BCUT2D eigenvalue weighted by atomic mass is 35.5. The Kier molecular flexibility index (Phi) is 9.27. The van der Waals surface area contributed by atoms with Crippen LogP contribution in [0.25, 0.3) is 11.1 Å². The van der Waals surface area contributed by atoms with Gasteiger partial charge in [-0.3, -0.25) is 9.59 Å². The van der Waals surface area contributed by atoms with Crippen LogP contribution < -0.4 is 10.2 Å². The Balaban J connectivity index is 1.38. The van der Waals surface area contributed by atoms with E-state index in [1.165, 1.54) is 18.4 Å². The number of hydrogen-bond acceptors (Lipinski definition) is 7. The van der Waals surface area contributed by atoms with Gasteiger partial charge in [-0.15, -0.1) is 11.8 Å². The number of ether oxygens (including phenoxy) is 1. The Morgan fingerprint density at radius 2 is 1.57 bits per heavy atom. The predicted octanol–water partition coefficient (Wildman–Crippen LogP) is 5.59. The van der Waals surface area contributed by atoms with Crippen molar-refractivity contribution < 1.29 is 22.7 Å². The molecule has 0 aromatic heterocycles. The van der Waals surface area contributed by atoms with Crippen molar-refractivity contribution in [3.8, 4) is 11.1 Å². The standard InChI is InChI=1S/C35H34ClN3O5S2/c1-38(2)46(42,43)29-16-10-24(11-17-29)25-6-5-7-27(22-25)35(26-12-14-28(15-13-26)39-18-20-44-21-19-39)23-31(40)33(34(41)37-35)45-32-9-4-3-8-30(32)36/h3-17,22,33H,18-21,23H2,1-2H3,(H,37,41). The third-order valence-electron chi connectivity index (χ3n) is 8.45. The second-order valence-corrected chi connectivity index (χ2v) is 15.2. The van der Waals surface area contributed by atoms with Crippen molar-refractivity contribution in [2.75, 3.05) is 45.3 Å². The Hall–Kier alpha value is -3.67. The molecule has 0 bridgehead atoms. The number of anilines is 1. The summed E-state index contributed by atoms with van der Waals surface area (Å²) in [4.78, 5) is 30.9. The highest BCUT2D eigenvalue weighted by Gasteiger charge is 2.47. The molecule has 1 amide bonds. The smallest absolute Gasteiger partial charge is 0.242 e. The lowest BCUT2D eigenvalue weighted by Crippen LogP contribution is -2.58. The molecule has 2 atom stereocenters. The lowest BCUT2D eigenvalue weighted by Gasteiger charge is -2.41. The Morgan fingerprint density at radius 1 is 0.870 bits per heavy atom. The zero-order chi connectivity index (χ0) is 32.5. The molecule has 8 nitrogen and oxygen atoms in total. The third kappa shape index (κ3) is 6.32. The van der Waals surface area contributed by atoms with Crippen LogP contribution in [0.15, 0.2) is 107 Å². The summed E-state index contributed by atoms with van der Waals surface area (Å²) in [5.74, 6) is -0.586. The summed E-state index contributed by atoms with van der Waals surface area (Å²) in [5, 5.41) is 2.80. The number of hydrogen-bond donors (Lipinski definition) is 1. The number of morpholine rings is 1. The molecule has 0 saturated carbocycles. The molecule has 2 heterocycles. The highest BCUT2D eigenvalue weighted by Crippen LogP contribution is 2.42. The van der Waals surface area contributed by atoms with Gasteiger partial charge in [0.1, 0.15) is 5.25 Å². The molecule has 4 aromatic rings. The molecular formula is C35H34ClN3O5S2. The van der Waals surface area contributed by atoms with Gasteiger partial charge in [0.15, 0.2) is 5.78 Å². The van der Waals surface area contributed by atoms with E-state index in [0.717, 1.165) is 52.8 Å². The number of carbonyl (C=O) groups excluding carboxylic acids is 2. The van der Waals surface area contributed by atoms with Gasteiger partial charge >= 0.3 is 0 Å². The number of benzene rings is 4. The van der Waals surface area contributed by atoms with Crippen molar-refractivity contribution in [1.82, 2.24) is 9.62 Å². The summed E-state index contributed by atoms with van der Waals surface area (Å²) in [6.07, 6.45) is 0.0429. The summed E-state index contributed by atoms with van der Waals surface area (Å²) < 4.78 is 31.9. The number of halogens is 1. The van der Waals surface area contributed by atoms with Gasteiger partial charge in [-0.25, -0.2) is 12.7 Å². The van der Waals surface area contributed by atoms with Crippen molar-refractivity contribution in [2.24, 2.45) is 0 Å². The first-order valence-corrected chi connectivity index (χ1v) is 17.6. The molecule has 11 heteroatoms. The van der Waals surface area contributed by atoms with E-state index in [0.29, 0.717) is 23.1 Å². The van der Waals surface area contributed by atoms with Crippen LogP contribution in [0, 0.1) is 0 Å². The topological polar surface area (TPSA) is 96.0 Å². The summed E-state index contributed by atoms with van der Waals surface area (Å²) in [7, 11) is -0.580. The monoisotopic (exact) mass is 675 g/mol. The van der Waals surface area contributed by atoms with Gasteiger partial charge in [-0.2, -0.15) is 0 Å². The van der Waals surface area contributed by atoms with Crippen molar-refractivity contribution >= 4 is 50.8 Å². The maximum Gasteiger partial charge on any atom is 0.242 e. The molecule has 2 saturated heterocycles. The minimum atomic E-state index is -3.57. The zero-order valence-electron chi connectivity index (χ0n) is 25.5. The fourth-order valence-electron chi connectivity index (χ4n) is 5.89. The SMILES string of the molecule is CN(C)S(=O)(=O)c1ccc(-c2cccc(C3(c4ccc(N5CCOCC5)cc4)CC(=O)C(Sc4ccccc4Cl)C(=O)N3)c2)cc1. The van der Waals surface area contributed by atoms with Crippen LogP contribution in [0.3, 0.4) is 0 Å². The van der Waals surface area contributed by atoms with E-state index in [2.05, 4.69) is 10.2 Å². The summed E-state index contributed by atoms with van der Waals surface area (Å²) in [5.41, 5.74) is 3.08. The molecule has 2 aliphatic heterocycles. The first-order chi connectivity index (χ1) is 22.1. The van der Waals surface area contributed by atoms with Gasteiger partial charge in [0, 0.05) is 44.2 Å². The molecule has 4 aromatic carbocycles. The first kappa shape index (κ1) is 32.3. The number of rotatable bonds is 8. The normalized spacial score (nSPS) is 20.5. The lowest BCUT2D eigenvalue weighted by molar-refractivity contribution is -0.132.